The summed E-state index contributed by atoms with van der Waals surface area (Å²) in [6.45, 7) is 7.38. The fraction of sp³-hybridized carbons (Fsp3) is 0.680. The van der Waals surface area contributed by atoms with Crippen molar-refractivity contribution >= 4 is 41.6 Å². The third kappa shape index (κ3) is 11.9. The molecule has 14 nitrogen and oxygen atoms in total. The maximum absolute atomic E-state index is 12.9. The topological polar surface area (TPSA) is 235 Å². The maximum atomic E-state index is 12.9. The fourth-order valence-electron chi connectivity index (χ4n) is 4.18. The second-order valence-corrected chi connectivity index (χ2v) is 9.49. The van der Waals surface area contributed by atoms with Crippen molar-refractivity contribution in [2.75, 3.05) is 13.1 Å². The van der Waals surface area contributed by atoms with Crippen molar-refractivity contribution < 1.29 is 38.6 Å². The molecule has 5 unspecified atom stereocenters. The average molecular weight is 553 g/mol. The van der Waals surface area contributed by atoms with Gasteiger partial charge in [0.2, 0.25) is 17.7 Å². The smallest absolute Gasteiger partial charge is 0.295 e. The fourth-order valence-corrected chi connectivity index (χ4v) is 4.18. The molecule has 0 aliphatic carbocycles. The molecule has 3 amide bonds. The number of nitrogens with one attached hydrogen (secondary N) is 3. The molecule has 1 heterocycles. The lowest BCUT2D eigenvalue weighted by molar-refractivity contribution is -0.156. The van der Waals surface area contributed by atoms with Gasteiger partial charge >= 0.3 is 0 Å². The van der Waals surface area contributed by atoms with Crippen LogP contribution in [0.4, 0.5) is 0 Å². The Bertz CT molecular complexity index is 896. The zero-order valence-corrected chi connectivity index (χ0v) is 22.2. The number of rotatable bonds is 19. The van der Waals surface area contributed by atoms with Gasteiger partial charge in [0, 0.05) is 38.6 Å². The second-order valence-electron chi connectivity index (χ2n) is 9.49. The molecule has 1 rings (SSSR count). The van der Waals surface area contributed by atoms with Crippen LogP contribution in [0.2, 0.25) is 0 Å². The molecule has 1 fully saturated rings. The summed E-state index contributed by atoms with van der Waals surface area (Å²) in [5.41, 5.74) is 10.6. The van der Waals surface area contributed by atoms with E-state index in [9.17, 15) is 33.9 Å². The zero-order valence-electron chi connectivity index (χ0n) is 22.2. The summed E-state index contributed by atoms with van der Waals surface area (Å²) in [6.07, 6.45) is -0.273. The lowest BCUT2D eigenvalue weighted by Crippen LogP contribution is -2.47. The van der Waals surface area contributed by atoms with E-state index in [0.717, 1.165) is 0 Å². The van der Waals surface area contributed by atoms with Crippen LogP contribution in [0.3, 0.4) is 0 Å². The lowest BCUT2D eigenvalue weighted by atomic mass is 9.93. The highest BCUT2D eigenvalue weighted by Gasteiger charge is 2.37. The Labute approximate surface area is 228 Å². The molecule has 1 aliphatic rings. The van der Waals surface area contributed by atoms with Gasteiger partial charge in [-0.15, -0.1) is 0 Å². The van der Waals surface area contributed by atoms with Gasteiger partial charge in [-0.25, -0.2) is 0 Å². The first kappa shape index (κ1) is 33.6. The van der Waals surface area contributed by atoms with Crippen molar-refractivity contribution in [3.63, 3.8) is 0 Å². The standard InChI is InChI=1S/C25H40N6O8/c1-15(20(35)12-17(16(2)33)25(38)31-11-5-8-24(31)39-14-32)29-22(36)10-9-19(34)18(30-23(37)13-26)6-3-4-7-21(27)28/h1,14-18,24,33H,3-13,26H2,2H3,(H3,27,28)(H,29,36)(H,30,37). The number of hydrogen-bond donors (Lipinski definition) is 6. The van der Waals surface area contributed by atoms with E-state index in [1.54, 1.807) is 0 Å². The number of ketones is 2. The number of unbranched alkanes of at least 4 members (excludes halogenated alkanes) is 1. The van der Waals surface area contributed by atoms with E-state index < -0.39 is 66.0 Å². The molecule has 14 heteroatoms. The van der Waals surface area contributed by atoms with Gasteiger partial charge in [-0.2, -0.15) is 0 Å². The van der Waals surface area contributed by atoms with Gasteiger partial charge in [0.05, 0.1) is 36.5 Å². The van der Waals surface area contributed by atoms with Crippen LogP contribution in [0.15, 0.2) is 0 Å². The number of carbonyl (C=O) groups is 6. The molecule has 0 aromatic carbocycles. The van der Waals surface area contributed by atoms with Crippen molar-refractivity contribution in [1.82, 2.24) is 15.5 Å². The van der Waals surface area contributed by atoms with Crippen molar-refractivity contribution in [3.05, 3.63) is 6.92 Å². The number of amides is 3. The molecular weight excluding hydrogens is 512 g/mol. The molecule has 0 aromatic rings. The Morgan fingerprint density at radius 2 is 1.82 bits per heavy atom. The summed E-state index contributed by atoms with van der Waals surface area (Å²) >= 11 is 0. The molecule has 5 atom stereocenters. The summed E-state index contributed by atoms with van der Waals surface area (Å²) in [6, 6.07) is -2.35. The highest BCUT2D eigenvalue weighted by Crippen LogP contribution is 2.23. The van der Waals surface area contributed by atoms with Crippen LogP contribution >= 0.6 is 0 Å². The number of amidine groups is 1. The van der Waals surface area contributed by atoms with E-state index in [0.29, 0.717) is 38.6 Å². The number of nitrogens with zero attached hydrogens (tertiary/aromatic N) is 1. The van der Waals surface area contributed by atoms with Gasteiger partial charge in [0.1, 0.15) is 0 Å². The third-order valence-corrected chi connectivity index (χ3v) is 6.37. The number of aliphatic hydroxyl groups excluding tert-OH is 1. The summed E-state index contributed by atoms with van der Waals surface area (Å²) in [7, 11) is 0. The van der Waals surface area contributed by atoms with Crippen molar-refractivity contribution in [2.45, 2.75) is 89.1 Å². The van der Waals surface area contributed by atoms with Crippen LogP contribution in [0, 0.1) is 18.3 Å². The van der Waals surface area contributed by atoms with E-state index in [4.69, 9.17) is 28.5 Å². The van der Waals surface area contributed by atoms with Crippen molar-refractivity contribution in [1.29, 1.82) is 5.41 Å². The van der Waals surface area contributed by atoms with Crippen LogP contribution in [0.1, 0.15) is 64.7 Å². The second kappa shape index (κ2) is 17.2. The third-order valence-electron chi connectivity index (χ3n) is 6.37. The van der Waals surface area contributed by atoms with Gasteiger partial charge < -0.3 is 36.8 Å². The summed E-state index contributed by atoms with van der Waals surface area (Å²) in [4.78, 5) is 74.3. The minimum Gasteiger partial charge on any atom is -0.444 e. The number of Topliss-reactive ketones (excluding diaryl/α,β-unsaturated/α-hetero) is 2. The van der Waals surface area contributed by atoms with Crippen molar-refractivity contribution in [2.24, 2.45) is 17.4 Å². The highest BCUT2D eigenvalue weighted by molar-refractivity contribution is 5.95. The quantitative estimate of drug-likeness (QED) is 0.0472. The number of ether oxygens (including phenoxy) is 1. The Kier molecular flexibility index (Phi) is 14.9. The first-order valence-corrected chi connectivity index (χ1v) is 12.9. The number of nitrogens with two attached hydrogens (primary N) is 2. The van der Waals surface area contributed by atoms with E-state index in [1.807, 2.05) is 0 Å². The van der Waals surface area contributed by atoms with E-state index in [2.05, 4.69) is 10.6 Å². The van der Waals surface area contributed by atoms with E-state index in [1.165, 1.54) is 11.8 Å². The largest absolute Gasteiger partial charge is 0.444 e. The number of likely N-dealkylation sites (tertiary alicyclic amines) is 1. The highest BCUT2D eigenvalue weighted by atomic mass is 16.5. The Morgan fingerprint density at radius 3 is 2.41 bits per heavy atom. The lowest BCUT2D eigenvalue weighted by Gasteiger charge is -2.29. The summed E-state index contributed by atoms with van der Waals surface area (Å²) in [5, 5.41) is 22.2. The molecule has 218 valence electrons. The van der Waals surface area contributed by atoms with Crippen LogP contribution < -0.4 is 22.1 Å². The number of carbonyl (C=O) groups excluding carboxylic acids is 6. The van der Waals surface area contributed by atoms with Gasteiger partial charge in [0.15, 0.2) is 17.8 Å². The minimum absolute atomic E-state index is 0.0164. The van der Waals surface area contributed by atoms with Gasteiger partial charge in [-0.1, -0.05) is 6.42 Å². The zero-order chi connectivity index (χ0) is 29.5. The Hall–Kier alpha value is -3.39. The van der Waals surface area contributed by atoms with Crippen LogP contribution in [-0.4, -0.2) is 89.1 Å². The average Bonchev–Trinajstić information content (AvgIpc) is 3.34. The molecule has 2 radical (unpaired) electrons. The number of hydrogen-bond acceptors (Lipinski definition) is 10. The van der Waals surface area contributed by atoms with Gasteiger partial charge in [-0.3, -0.25) is 34.2 Å². The van der Waals surface area contributed by atoms with Crippen LogP contribution in [0.5, 0.6) is 0 Å². The molecule has 8 N–H and O–H groups in total. The SMILES string of the molecule is [CH]C(NC(=O)CCC(=O)C(CCCCC(=N)N)NC(=O)CN)C(=O)CC(C(=O)N1CCCC1OC=O)C(C)O. The molecule has 0 saturated carbocycles. The van der Waals surface area contributed by atoms with Gasteiger partial charge in [0.25, 0.3) is 6.47 Å². The number of aliphatic hydroxyl groups is 1. The predicted octanol–water partition coefficient (Wildman–Crippen LogP) is -1.45. The summed E-state index contributed by atoms with van der Waals surface area (Å²) in [5.74, 6) is -4.05. The molecule has 1 aliphatic heterocycles. The Morgan fingerprint density at radius 1 is 1.13 bits per heavy atom. The first-order chi connectivity index (χ1) is 18.4. The molecule has 1 saturated heterocycles. The Balaban J connectivity index is 2.64. The molecule has 39 heavy (non-hydrogen) atoms. The normalized spacial score (nSPS) is 17.8. The van der Waals surface area contributed by atoms with E-state index in [-0.39, 0.29) is 38.1 Å². The molecule has 0 bridgehead atoms. The molecule has 0 aromatic heterocycles. The molecule has 0 spiro atoms. The van der Waals surface area contributed by atoms with Crippen LogP contribution in [0.25, 0.3) is 0 Å². The maximum Gasteiger partial charge on any atom is 0.295 e. The summed E-state index contributed by atoms with van der Waals surface area (Å²) < 4.78 is 4.90. The monoisotopic (exact) mass is 552 g/mol. The van der Waals surface area contributed by atoms with Crippen LogP contribution in [-0.2, 0) is 33.5 Å². The van der Waals surface area contributed by atoms with Crippen molar-refractivity contribution in [3.8, 4) is 0 Å². The first-order valence-electron chi connectivity index (χ1n) is 12.9. The molecular formula is C25H40N6O8. The minimum atomic E-state index is -1.48. The predicted molar refractivity (Wildman–Crippen MR) is 139 cm³/mol. The van der Waals surface area contributed by atoms with Gasteiger partial charge in [-0.05, 0) is 33.1 Å². The van der Waals surface area contributed by atoms with E-state index >= 15 is 0 Å².